The van der Waals surface area contributed by atoms with Crippen molar-refractivity contribution in [3.63, 3.8) is 0 Å². The Hall–Kier alpha value is -3.00. The first-order valence-electron chi connectivity index (χ1n) is 7.22. The second-order valence-electron chi connectivity index (χ2n) is 5.42. The van der Waals surface area contributed by atoms with E-state index in [1.165, 1.54) is 0 Å². The zero-order chi connectivity index (χ0) is 16.6. The number of nitriles is 1. The minimum absolute atomic E-state index is 0.254. The molecule has 0 bridgehead atoms. The van der Waals surface area contributed by atoms with Gasteiger partial charge in [-0.3, -0.25) is 4.79 Å². The Labute approximate surface area is 133 Å². The average molecular weight is 308 g/mol. The van der Waals surface area contributed by atoms with E-state index in [9.17, 15) is 10.1 Å². The number of hydrogen-bond donors (Lipinski definition) is 1. The number of ether oxygens (including phenoxy) is 2. The molecule has 1 aliphatic rings. The smallest absolute Gasteiger partial charge is 0.256 e. The highest BCUT2D eigenvalue weighted by Crippen LogP contribution is 2.43. The number of aromatic amines is 1. The lowest BCUT2D eigenvalue weighted by Gasteiger charge is -2.27. The van der Waals surface area contributed by atoms with Gasteiger partial charge < -0.3 is 14.5 Å². The Bertz CT molecular complexity index is 903. The predicted octanol–water partition coefficient (Wildman–Crippen LogP) is 3.01. The molecule has 1 N–H and O–H groups in total. The number of fused-ring (bicyclic) bond motifs is 1. The molecule has 1 aromatic heterocycles. The van der Waals surface area contributed by atoms with Crippen molar-refractivity contribution in [3.8, 4) is 17.6 Å². The molecule has 0 fully saturated rings. The number of allylic oxidation sites excluding steroid dienone is 2. The average Bonchev–Trinajstić information content (AvgIpc) is 2.53. The van der Waals surface area contributed by atoms with Gasteiger partial charge in [0.15, 0.2) is 0 Å². The van der Waals surface area contributed by atoms with Crippen molar-refractivity contribution >= 4 is 0 Å². The van der Waals surface area contributed by atoms with Gasteiger partial charge in [0, 0.05) is 17.3 Å². The van der Waals surface area contributed by atoms with Crippen LogP contribution in [0.2, 0.25) is 0 Å². The largest absolute Gasteiger partial charge is 0.496 e. The summed E-state index contributed by atoms with van der Waals surface area (Å²) in [5, 5.41) is 9.59. The van der Waals surface area contributed by atoms with E-state index in [1.54, 1.807) is 27.0 Å². The molecule has 2 heterocycles. The topological polar surface area (TPSA) is 75.1 Å². The third-order valence-corrected chi connectivity index (χ3v) is 3.96. The molecule has 0 saturated heterocycles. The lowest BCUT2D eigenvalue weighted by Crippen LogP contribution is -2.25. The van der Waals surface area contributed by atoms with Crippen LogP contribution in [-0.2, 0) is 0 Å². The van der Waals surface area contributed by atoms with Crippen LogP contribution in [0.3, 0.4) is 0 Å². The van der Waals surface area contributed by atoms with Gasteiger partial charge in [0.1, 0.15) is 17.3 Å². The van der Waals surface area contributed by atoms with Gasteiger partial charge in [-0.05, 0) is 19.9 Å². The van der Waals surface area contributed by atoms with E-state index in [-0.39, 0.29) is 5.56 Å². The number of methoxy groups -OCH3 is 1. The van der Waals surface area contributed by atoms with Gasteiger partial charge in [-0.2, -0.15) is 5.26 Å². The number of para-hydroxylation sites is 1. The fourth-order valence-electron chi connectivity index (χ4n) is 2.95. The minimum atomic E-state index is -0.510. The fourth-order valence-corrected chi connectivity index (χ4v) is 2.95. The monoisotopic (exact) mass is 308 g/mol. The molecule has 1 unspecified atom stereocenters. The van der Waals surface area contributed by atoms with Crippen LogP contribution >= 0.6 is 0 Å². The van der Waals surface area contributed by atoms with E-state index in [4.69, 9.17) is 9.47 Å². The first-order valence-corrected chi connectivity index (χ1v) is 7.22. The maximum atomic E-state index is 12.5. The van der Waals surface area contributed by atoms with Crippen molar-refractivity contribution in [2.75, 3.05) is 7.11 Å². The highest BCUT2D eigenvalue weighted by atomic mass is 16.5. The van der Waals surface area contributed by atoms with E-state index in [2.05, 4.69) is 11.1 Å². The fraction of sp³-hybridized carbons (Fsp3) is 0.222. The van der Waals surface area contributed by atoms with Gasteiger partial charge >= 0.3 is 0 Å². The lowest BCUT2D eigenvalue weighted by molar-refractivity contribution is 0.390. The minimum Gasteiger partial charge on any atom is -0.496 e. The quantitative estimate of drug-likeness (QED) is 0.925. The number of pyridine rings is 1. The van der Waals surface area contributed by atoms with Crippen LogP contribution in [0.5, 0.6) is 11.5 Å². The Balaban J connectivity index is 2.35. The van der Waals surface area contributed by atoms with Crippen molar-refractivity contribution in [2.24, 2.45) is 0 Å². The SMILES string of the molecule is COc1ccccc1C1C(C#N)=C(C)Oc2cc(C)[nH]c(=O)c21. The van der Waals surface area contributed by atoms with Crippen molar-refractivity contribution in [1.29, 1.82) is 5.26 Å². The maximum Gasteiger partial charge on any atom is 0.256 e. The van der Waals surface area contributed by atoms with Gasteiger partial charge in [-0.15, -0.1) is 0 Å². The highest BCUT2D eigenvalue weighted by Gasteiger charge is 2.34. The van der Waals surface area contributed by atoms with Crippen LogP contribution in [0.4, 0.5) is 0 Å². The maximum absolute atomic E-state index is 12.5. The summed E-state index contributed by atoms with van der Waals surface area (Å²) in [6.07, 6.45) is 0. The Morgan fingerprint density at radius 3 is 2.74 bits per heavy atom. The van der Waals surface area contributed by atoms with Crippen molar-refractivity contribution < 1.29 is 9.47 Å². The molecule has 23 heavy (non-hydrogen) atoms. The number of hydrogen-bond acceptors (Lipinski definition) is 4. The first kappa shape index (κ1) is 14.9. The second-order valence-corrected chi connectivity index (χ2v) is 5.42. The van der Waals surface area contributed by atoms with Crippen LogP contribution in [0.1, 0.15) is 29.7 Å². The molecule has 1 aliphatic heterocycles. The van der Waals surface area contributed by atoms with Crippen LogP contribution < -0.4 is 15.0 Å². The van der Waals surface area contributed by atoms with Gasteiger partial charge in [0.25, 0.3) is 5.56 Å². The molecular formula is C18H16N2O3. The molecule has 0 radical (unpaired) electrons. The van der Waals surface area contributed by atoms with E-state index in [1.807, 2.05) is 24.3 Å². The van der Waals surface area contributed by atoms with Crippen LogP contribution in [0.25, 0.3) is 0 Å². The summed E-state index contributed by atoms with van der Waals surface area (Å²) in [4.78, 5) is 15.3. The van der Waals surface area contributed by atoms with Gasteiger partial charge in [-0.1, -0.05) is 18.2 Å². The Kier molecular flexibility index (Phi) is 3.67. The normalized spacial score (nSPS) is 16.3. The number of H-pyrrole nitrogens is 1. The standard InChI is InChI=1S/C18H16N2O3/c1-10-8-15-17(18(21)20-10)16(13(9-19)11(2)23-15)12-6-4-5-7-14(12)22-3/h4-8,16H,1-3H3,(H,20,21). The number of nitrogens with one attached hydrogen (secondary N) is 1. The molecule has 0 aliphatic carbocycles. The van der Waals surface area contributed by atoms with Crippen LogP contribution in [0, 0.1) is 18.3 Å². The summed E-state index contributed by atoms with van der Waals surface area (Å²) in [5.74, 6) is 1.11. The number of rotatable bonds is 2. The summed E-state index contributed by atoms with van der Waals surface area (Å²) >= 11 is 0. The Morgan fingerprint density at radius 2 is 2.04 bits per heavy atom. The van der Waals surface area contributed by atoms with Gasteiger partial charge in [0.2, 0.25) is 0 Å². The first-order chi connectivity index (χ1) is 11.1. The van der Waals surface area contributed by atoms with E-state index < -0.39 is 5.92 Å². The zero-order valence-corrected chi connectivity index (χ0v) is 13.1. The molecule has 0 amide bonds. The van der Waals surface area contributed by atoms with E-state index in [0.717, 1.165) is 5.56 Å². The van der Waals surface area contributed by atoms with Crippen LogP contribution in [0.15, 0.2) is 46.5 Å². The van der Waals surface area contributed by atoms with E-state index >= 15 is 0 Å². The summed E-state index contributed by atoms with van der Waals surface area (Å²) in [6.45, 7) is 3.53. The molecule has 0 spiro atoms. The molecule has 116 valence electrons. The van der Waals surface area contributed by atoms with Crippen LogP contribution in [-0.4, -0.2) is 12.1 Å². The number of aromatic nitrogens is 1. The van der Waals surface area contributed by atoms with Crippen molar-refractivity contribution in [1.82, 2.24) is 4.98 Å². The summed E-state index contributed by atoms with van der Waals surface area (Å²) in [7, 11) is 1.57. The predicted molar refractivity (Wildman–Crippen MR) is 85.6 cm³/mol. The number of benzene rings is 1. The molecule has 2 aromatic rings. The third kappa shape index (κ3) is 2.38. The molecule has 5 nitrogen and oxygen atoms in total. The molecule has 3 rings (SSSR count). The number of aryl methyl sites for hydroxylation is 1. The van der Waals surface area contributed by atoms with E-state index in [0.29, 0.717) is 34.1 Å². The molecule has 0 saturated carbocycles. The molecule has 1 aromatic carbocycles. The molecular weight excluding hydrogens is 292 g/mol. The van der Waals surface area contributed by atoms with Gasteiger partial charge in [-0.25, -0.2) is 0 Å². The van der Waals surface area contributed by atoms with Crippen molar-refractivity contribution in [2.45, 2.75) is 19.8 Å². The summed E-state index contributed by atoms with van der Waals surface area (Å²) < 4.78 is 11.1. The molecule has 5 heteroatoms. The lowest BCUT2D eigenvalue weighted by atomic mass is 9.83. The third-order valence-electron chi connectivity index (χ3n) is 3.96. The summed E-state index contributed by atoms with van der Waals surface area (Å²) in [6, 6.07) is 11.4. The number of nitrogens with zero attached hydrogens (tertiary/aromatic N) is 1. The second kappa shape index (κ2) is 5.65. The Morgan fingerprint density at radius 1 is 1.30 bits per heavy atom. The highest BCUT2D eigenvalue weighted by molar-refractivity contribution is 5.57. The summed E-state index contributed by atoms with van der Waals surface area (Å²) in [5.41, 5.74) is 2.07. The molecule has 1 atom stereocenters. The van der Waals surface area contributed by atoms with Crippen molar-refractivity contribution in [3.05, 3.63) is 68.8 Å². The zero-order valence-electron chi connectivity index (χ0n) is 13.1. The van der Waals surface area contributed by atoms with Gasteiger partial charge in [0.05, 0.1) is 30.2 Å².